The number of amides is 1. The van der Waals surface area contributed by atoms with E-state index in [0.717, 1.165) is 44.7 Å². The van der Waals surface area contributed by atoms with Gasteiger partial charge in [0.25, 0.3) is 0 Å². The van der Waals surface area contributed by atoms with Gasteiger partial charge in [0.2, 0.25) is 5.91 Å². The Morgan fingerprint density at radius 2 is 1.93 bits per heavy atom. The van der Waals surface area contributed by atoms with Crippen LogP contribution in [0.1, 0.15) is 32.1 Å². The Kier molecular flexibility index (Phi) is 9.32. The van der Waals surface area contributed by atoms with E-state index in [0.29, 0.717) is 12.5 Å². The van der Waals surface area contributed by atoms with Crippen molar-refractivity contribution in [2.24, 2.45) is 10.9 Å². The fraction of sp³-hybridized carbons (Fsp3) is 0.600. The van der Waals surface area contributed by atoms with Gasteiger partial charge in [-0.1, -0.05) is 25.0 Å². The lowest BCUT2D eigenvalue weighted by atomic mass is 10.1. The minimum absolute atomic E-state index is 0. The summed E-state index contributed by atoms with van der Waals surface area (Å²) in [6, 6.07) is 5.45. The molecule has 1 aliphatic carbocycles. The molecule has 0 radical (unpaired) electrons. The highest BCUT2D eigenvalue weighted by Crippen LogP contribution is 2.27. The lowest BCUT2D eigenvalue weighted by Crippen LogP contribution is -2.46. The minimum Gasteiger partial charge on any atom is -0.355 e. The molecule has 1 aliphatic heterocycles. The maximum atomic E-state index is 13.8. The topological polar surface area (TPSA) is 90.9 Å². The van der Waals surface area contributed by atoms with Crippen LogP contribution < -0.4 is 10.6 Å². The Hall–Kier alpha value is -1.43. The zero-order valence-electron chi connectivity index (χ0n) is 17.1. The van der Waals surface area contributed by atoms with E-state index < -0.39 is 15.7 Å². The summed E-state index contributed by atoms with van der Waals surface area (Å²) in [4.78, 5) is 18.3. The third kappa shape index (κ3) is 6.29. The number of hydrogen-bond donors (Lipinski definition) is 2. The van der Waals surface area contributed by atoms with Crippen molar-refractivity contribution in [2.75, 3.05) is 32.4 Å². The molecule has 2 N–H and O–H groups in total. The van der Waals surface area contributed by atoms with Crippen LogP contribution in [0.5, 0.6) is 0 Å². The molecule has 1 atom stereocenters. The fourth-order valence-corrected chi connectivity index (χ4v) is 5.25. The SMILES string of the molecule is CN=C(NCCS(=O)(=O)c1ccccc1F)NC1CCN(C(=O)C2CCCC2)C1.I. The molecule has 7 nitrogen and oxygen atoms in total. The Bertz CT molecular complexity index is 859. The Morgan fingerprint density at radius 3 is 2.60 bits per heavy atom. The molecule has 168 valence electrons. The second kappa shape index (κ2) is 11.3. The summed E-state index contributed by atoms with van der Waals surface area (Å²) in [5, 5.41) is 6.23. The van der Waals surface area contributed by atoms with E-state index in [9.17, 15) is 17.6 Å². The number of sulfone groups is 1. The van der Waals surface area contributed by atoms with Crippen molar-refractivity contribution < 1.29 is 17.6 Å². The standard InChI is InChI=1S/C20H29FN4O3S.HI/c1-22-20(23-11-13-29(27,28)18-9-5-4-8-17(18)21)24-16-10-12-25(14-16)19(26)15-6-2-3-7-15;/h4-5,8-9,15-16H,2-3,6-7,10-14H2,1H3,(H2,22,23,24);1H. The van der Waals surface area contributed by atoms with Crippen LogP contribution in [0.15, 0.2) is 34.2 Å². The molecule has 1 saturated carbocycles. The molecular formula is C20H30FIN4O3S. The Balaban J connectivity index is 0.00000320. The number of carbonyl (C=O) groups excluding carboxylic acids is 1. The number of nitrogens with zero attached hydrogens (tertiary/aromatic N) is 2. The average Bonchev–Trinajstić information content (AvgIpc) is 3.39. The zero-order chi connectivity index (χ0) is 20.9. The van der Waals surface area contributed by atoms with Gasteiger partial charge >= 0.3 is 0 Å². The van der Waals surface area contributed by atoms with Crippen LogP contribution in [-0.2, 0) is 14.6 Å². The fourth-order valence-electron chi connectivity index (χ4n) is 4.01. The normalized spacial score (nSPS) is 20.1. The summed E-state index contributed by atoms with van der Waals surface area (Å²) < 4.78 is 38.4. The first-order valence-electron chi connectivity index (χ1n) is 10.1. The monoisotopic (exact) mass is 552 g/mol. The van der Waals surface area contributed by atoms with Crippen LogP contribution in [0.3, 0.4) is 0 Å². The second-order valence-corrected chi connectivity index (χ2v) is 9.72. The molecular weight excluding hydrogens is 522 g/mol. The van der Waals surface area contributed by atoms with E-state index in [1.807, 2.05) is 4.90 Å². The van der Waals surface area contributed by atoms with Gasteiger partial charge in [-0.25, -0.2) is 12.8 Å². The largest absolute Gasteiger partial charge is 0.355 e. The molecule has 2 fully saturated rings. The van der Waals surface area contributed by atoms with E-state index in [4.69, 9.17) is 0 Å². The van der Waals surface area contributed by atoms with Gasteiger partial charge in [0.15, 0.2) is 15.8 Å². The molecule has 1 amide bonds. The van der Waals surface area contributed by atoms with Gasteiger partial charge in [-0.15, -0.1) is 24.0 Å². The van der Waals surface area contributed by atoms with E-state index in [-0.39, 0.29) is 59.0 Å². The molecule has 10 heteroatoms. The van der Waals surface area contributed by atoms with Gasteiger partial charge in [-0.3, -0.25) is 9.79 Å². The maximum Gasteiger partial charge on any atom is 0.225 e. The third-order valence-corrected chi connectivity index (χ3v) is 7.35. The van der Waals surface area contributed by atoms with Crippen molar-refractivity contribution in [1.82, 2.24) is 15.5 Å². The molecule has 0 bridgehead atoms. The van der Waals surface area contributed by atoms with Gasteiger partial charge in [-0.2, -0.15) is 0 Å². The molecule has 1 saturated heterocycles. The van der Waals surface area contributed by atoms with E-state index in [1.54, 1.807) is 7.05 Å². The summed E-state index contributed by atoms with van der Waals surface area (Å²) in [5.41, 5.74) is 0. The highest BCUT2D eigenvalue weighted by Gasteiger charge is 2.32. The average molecular weight is 552 g/mol. The van der Waals surface area contributed by atoms with E-state index in [1.165, 1.54) is 18.2 Å². The van der Waals surface area contributed by atoms with Gasteiger partial charge in [0.05, 0.1) is 5.75 Å². The Morgan fingerprint density at radius 1 is 1.23 bits per heavy atom. The number of hydrogen-bond acceptors (Lipinski definition) is 4. The molecule has 1 aromatic carbocycles. The minimum atomic E-state index is -3.72. The van der Waals surface area contributed by atoms with Crippen LogP contribution in [-0.4, -0.2) is 63.7 Å². The lowest BCUT2D eigenvalue weighted by molar-refractivity contribution is -0.134. The van der Waals surface area contributed by atoms with Crippen molar-refractivity contribution in [3.8, 4) is 0 Å². The van der Waals surface area contributed by atoms with Crippen molar-refractivity contribution in [2.45, 2.75) is 43.0 Å². The van der Waals surface area contributed by atoms with Crippen LogP contribution >= 0.6 is 24.0 Å². The highest BCUT2D eigenvalue weighted by atomic mass is 127. The molecule has 1 heterocycles. The first-order chi connectivity index (χ1) is 13.9. The lowest BCUT2D eigenvalue weighted by Gasteiger charge is -2.21. The smallest absolute Gasteiger partial charge is 0.225 e. The second-order valence-electron chi connectivity index (χ2n) is 7.64. The summed E-state index contributed by atoms with van der Waals surface area (Å²) in [5.74, 6) is -0.0756. The number of nitrogens with one attached hydrogen (secondary N) is 2. The quantitative estimate of drug-likeness (QED) is 0.321. The molecule has 0 spiro atoms. The van der Waals surface area contributed by atoms with Crippen molar-refractivity contribution in [1.29, 1.82) is 0 Å². The van der Waals surface area contributed by atoms with Crippen LogP contribution in [0, 0.1) is 11.7 Å². The highest BCUT2D eigenvalue weighted by molar-refractivity contribution is 14.0. The van der Waals surface area contributed by atoms with E-state index in [2.05, 4.69) is 15.6 Å². The molecule has 1 unspecified atom stereocenters. The number of rotatable bonds is 6. The molecule has 1 aromatic rings. The summed E-state index contributed by atoms with van der Waals surface area (Å²) in [6.45, 7) is 1.46. The Labute approximate surface area is 194 Å². The van der Waals surface area contributed by atoms with Gasteiger partial charge in [0.1, 0.15) is 10.7 Å². The van der Waals surface area contributed by atoms with E-state index >= 15 is 0 Å². The molecule has 0 aromatic heterocycles. The molecule has 30 heavy (non-hydrogen) atoms. The van der Waals surface area contributed by atoms with Crippen molar-refractivity contribution in [3.05, 3.63) is 30.1 Å². The number of benzene rings is 1. The predicted octanol–water partition coefficient (Wildman–Crippen LogP) is 2.17. The predicted molar refractivity (Wildman–Crippen MR) is 125 cm³/mol. The van der Waals surface area contributed by atoms with Crippen molar-refractivity contribution in [3.63, 3.8) is 0 Å². The van der Waals surface area contributed by atoms with Crippen molar-refractivity contribution >= 4 is 45.7 Å². The first-order valence-corrected chi connectivity index (χ1v) is 11.8. The maximum absolute atomic E-state index is 13.8. The molecule has 3 rings (SSSR count). The first kappa shape index (κ1) is 24.8. The van der Waals surface area contributed by atoms with Gasteiger partial charge in [0, 0.05) is 38.6 Å². The van der Waals surface area contributed by atoms with Gasteiger partial charge < -0.3 is 15.5 Å². The number of guanidine groups is 1. The summed E-state index contributed by atoms with van der Waals surface area (Å²) >= 11 is 0. The summed E-state index contributed by atoms with van der Waals surface area (Å²) in [7, 11) is -2.12. The molecule has 2 aliphatic rings. The van der Waals surface area contributed by atoms with Crippen LogP contribution in [0.2, 0.25) is 0 Å². The van der Waals surface area contributed by atoms with Gasteiger partial charge in [-0.05, 0) is 31.4 Å². The number of carbonyl (C=O) groups is 1. The van der Waals surface area contributed by atoms with Crippen LogP contribution in [0.4, 0.5) is 4.39 Å². The number of likely N-dealkylation sites (tertiary alicyclic amines) is 1. The van der Waals surface area contributed by atoms with Crippen LogP contribution in [0.25, 0.3) is 0 Å². The number of halogens is 2. The number of aliphatic imine (C=N–C) groups is 1. The third-order valence-electron chi connectivity index (χ3n) is 5.60. The summed E-state index contributed by atoms with van der Waals surface area (Å²) in [6.07, 6.45) is 5.09. The zero-order valence-corrected chi connectivity index (χ0v) is 20.3.